The maximum Gasteiger partial charge on any atom is 0.0782 e. The fourth-order valence-corrected chi connectivity index (χ4v) is 4.33. The third-order valence-corrected chi connectivity index (χ3v) is 5.69. The van der Waals surface area contributed by atoms with Crippen LogP contribution in [0.1, 0.15) is 30.9 Å². The number of aryl methyl sites for hydroxylation is 2. The smallest absolute Gasteiger partial charge is 0.0782 e. The summed E-state index contributed by atoms with van der Waals surface area (Å²) in [5, 5.41) is 3.58. The van der Waals surface area contributed by atoms with Crippen LogP contribution in [-0.2, 0) is 15.5 Å². The Balaban J connectivity index is 2.16. The number of benzene rings is 1. The Morgan fingerprint density at radius 1 is 1.40 bits per heavy atom. The van der Waals surface area contributed by atoms with Crippen molar-refractivity contribution in [3.63, 3.8) is 0 Å². The van der Waals surface area contributed by atoms with Crippen LogP contribution in [0.25, 0.3) is 0 Å². The molecule has 0 aliphatic carbocycles. The van der Waals surface area contributed by atoms with Crippen molar-refractivity contribution in [3.8, 4) is 0 Å². The molecule has 112 valence electrons. The zero-order valence-corrected chi connectivity index (χ0v) is 13.5. The molecule has 20 heavy (non-hydrogen) atoms. The van der Waals surface area contributed by atoms with Gasteiger partial charge in [-0.1, -0.05) is 24.6 Å². The van der Waals surface area contributed by atoms with Crippen LogP contribution in [0.15, 0.2) is 23.1 Å². The van der Waals surface area contributed by atoms with Gasteiger partial charge in [0.25, 0.3) is 0 Å². The van der Waals surface area contributed by atoms with Crippen molar-refractivity contribution in [1.29, 1.82) is 0 Å². The quantitative estimate of drug-likeness (QED) is 0.907. The van der Waals surface area contributed by atoms with E-state index in [1.807, 2.05) is 19.1 Å². The number of ether oxygens (including phenoxy) is 1. The highest BCUT2D eigenvalue weighted by atomic mass is 32.2. The molecule has 1 aromatic rings. The van der Waals surface area contributed by atoms with Crippen molar-refractivity contribution in [2.75, 3.05) is 19.8 Å². The minimum atomic E-state index is -1.01. The highest BCUT2D eigenvalue weighted by Crippen LogP contribution is 2.23. The molecular weight excluding hydrogens is 270 g/mol. The van der Waals surface area contributed by atoms with Gasteiger partial charge in [-0.25, -0.2) is 0 Å². The second-order valence-corrected chi connectivity index (χ2v) is 7.17. The molecule has 1 aliphatic heterocycles. The average molecular weight is 295 g/mol. The van der Waals surface area contributed by atoms with E-state index in [9.17, 15) is 4.21 Å². The standard InChI is InChI=1S/C16H25NO2S/c1-4-8-17-14-7-9-19-11-16(14)20(18)15-6-5-12(2)10-13(15)3/h5-6,10,14,16-17H,4,7-9,11H2,1-3H3. The molecule has 3 atom stereocenters. The van der Waals surface area contributed by atoms with E-state index in [4.69, 9.17) is 4.74 Å². The molecule has 1 aromatic carbocycles. The average Bonchev–Trinajstić information content (AvgIpc) is 2.45. The van der Waals surface area contributed by atoms with E-state index in [0.717, 1.165) is 36.5 Å². The van der Waals surface area contributed by atoms with Crippen LogP contribution in [0.3, 0.4) is 0 Å². The molecule has 1 fully saturated rings. The van der Waals surface area contributed by atoms with Crippen molar-refractivity contribution < 1.29 is 8.95 Å². The monoisotopic (exact) mass is 295 g/mol. The van der Waals surface area contributed by atoms with Gasteiger partial charge in [-0.3, -0.25) is 4.21 Å². The van der Waals surface area contributed by atoms with Gasteiger partial charge in [-0.2, -0.15) is 0 Å². The first-order chi connectivity index (χ1) is 9.63. The highest BCUT2D eigenvalue weighted by molar-refractivity contribution is 7.85. The Morgan fingerprint density at radius 2 is 2.20 bits per heavy atom. The van der Waals surface area contributed by atoms with Crippen molar-refractivity contribution in [2.45, 2.75) is 49.8 Å². The van der Waals surface area contributed by atoms with Crippen LogP contribution in [0.5, 0.6) is 0 Å². The lowest BCUT2D eigenvalue weighted by atomic mass is 10.1. The molecule has 0 radical (unpaired) electrons. The predicted molar refractivity (Wildman–Crippen MR) is 83.6 cm³/mol. The van der Waals surface area contributed by atoms with Crippen molar-refractivity contribution in [1.82, 2.24) is 5.32 Å². The van der Waals surface area contributed by atoms with E-state index in [2.05, 4.69) is 25.2 Å². The molecule has 1 heterocycles. The Morgan fingerprint density at radius 3 is 2.90 bits per heavy atom. The number of hydrogen-bond donors (Lipinski definition) is 1. The second kappa shape index (κ2) is 7.34. The van der Waals surface area contributed by atoms with E-state index in [1.54, 1.807) is 0 Å². The summed E-state index contributed by atoms with van der Waals surface area (Å²) in [7, 11) is -1.01. The van der Waals surface area contributed by atoms with Gasteiger partial charge >= 0.3 is 0 Å². The fourth-order valence-electron chi connectivity index (χ4n) is 2.67. The summed E-state index contributed by atoms with van der Waals surface area (Å²) in [6.45, 7) is 8.59. The lowest BCUT2D eigenvalue weighted by Gasteiger charge is -2.32. The second-order valence-electron chi connectivity index (χ2n) is 5.53. The Hall–Kier alpha value is -0.710. The molecule has 1 saturated heterocycles. The summed E-state index contributed by atoms with van der Waals surface area (Å²) in [6, 6.07) is 6.45. The van der Waals surface area contributed by atoms with Gasteiger partial charge in [0.2, 0.25) is 0 Å². The van der Waals surface area contributed by atoms with Crippen LogP contribution in [0.2, 0.25) is 0 Å². The first-order valence-corrected chi connectivity index (χ1v) is 8.63. The molecule has 2 rings (SSSR count). The topological polar surface area (TPSA) is 38.3 Å². The zero-order valence-electron chi connectivity index (χ0n) is 12.6. The summed E-state index contributed by atoms with van der Waals surface area (Å²) < 4.78 is 18.5. The normalized spacial score (nSPS) is 24.6. The number of nitrogens with one attached hydrogen (secondary N) is 1. The maximum atomic E-state index is 12.9. The van der Waals surface area contributed by atoms with E-state index in [-0.39, 0.29) is 5.25 Å². The summed E-state index contributed by atoms with van der Waals surface area (Å²) in [6.07, 6.45) is 2.04. The molecule has 0 saturated carbocycles. The molecular formula is C16H25NO2S. The lowest BCUT2D eigenvalue weighted by molar-refractivity contribution is 0.0820. The van der Waals surface area contributed by atoms with Crippen molar-refractivity contribution >= 4 is 10.8 Å². The maximum absolute atomic E-state index is 12.9. The number of rotatable bonds is 5. The van der Waals surface area contributed by atoms with Gasteiger partial charge in [-0.05, 0) is 44.9 Å². The van der Waals surface area contributed by atoms with E-state index >= 15 is 0 Å². The van der Waals surface area contributed by atoms with Crippen LogP contribution >= 0.6 is 0 Å². The SMILES string of the molecule is CCCNC1CCOCC1S(=O)c1ccc(C)cc1C. The van der Waals surface area contributed by atoms with Crippen LogP contribution < -0.4 is 5.32 Å². The Bertz CT molecular complexity index is 476. The molecule has 4 heteroatoms. The molecule has 3 unspecified atom stereocenters. The molecule has 0 amide bonds. The number of hydrogen-bond acceptors (Lipinski definition) is 3. The molecule has 1 aliphatic rings. The molecule has 0 spiro atoms. The van der Waals surface area contributed by atoms with Gasteiger partial charge in [0.05, 0.1) is 22.7 Å². The third-order valence-electron chi connectivity index (χ3n) is 3.78. The summed E-state index contributed by atoms with van der Waals surface area (Å²) in [5.74, 6) is 0. The molecule has 1 N–H and O–H groups in total. The Labute approximate surface area is 124 Å². The van der Waals surface area contributed by atoms with Crippen LogP contribution in [-0.4, -0.2) is 35.3 Å². The van der Waals surface area contributed by atoms with Crippen molar-refractivity contribution in [3.05, 3.63) is 29.3 Å². The minimum Gasteiger partial charge on any atom is -0.380 e. The van der Waals surface area contributed by atoms with Gasteiger partial charge < -0.3 is 10.1 Å². The van der Waals surface area contributed by atoms with Crippen LogP contribution in [0, 0.1) is 13.8 Å². The first-order valence-electron chi connectivity index (χ1n) is 7.42. The van der Waals surface area contributed by atoms with Crippen molar-refractivity contribution in [2.24, 2.45) is 0 Å². The summed E-state index contributed by atoms with van der Waals surface area (Å²) in [4.78, 5) is 0.953. The third kappa shape index (κ3) is 3.68. The van der Waals surface area contributed by atoms with E-state index in [1.165, 1.54) is 5.56 Å². The molecule has 3 nitrogen and oxygen atoms in total. The first kappa shape index (κ1) is 15.7. The predicted octanol–water partition coefficient (Wildman–Crippen LogP) is 2.57. The molecule has 0 aromatic heterocycles. The van der Waals surface area contributed by atoms with E-state index in [0.29, 0.717) is 12.6 Å². The van der Waals surface area contributed by atoms with Gasteiger partial charge in [0.1, 0.15) is 0 Å². The van der Waals surface area contributed by atoms with Crippen LogP contribution in [0.4, 0.5) is 0 Å². The zero-order chi connectivity index (χ0) is 14.5. The van der Waals surface area contributed by atoms with Gasteiger partial charge in [0.15, 0.2) is 0 Å². The summed E-state index contributed by atoms with van der Waals surface area (Å²) in [5.41, 5.74) is 2.33. The lowest BCUT2D eigenvalue weighted by Crippen LogP contribution is -2.48. The minimum absolute atomic E-state index is 0.0525. The van der Waals surface area contributed by atoms with Gasteiger partial charge in [0, 0.05) is 17.5 Å². The van der Waals surface area contributed by atoms with E-state index < -0.39 is 10.8 Å². The molecule has 0 bridgehead atoms. The summed E-state index contributed by atoms with van der Waals surface area (Å²) >= 11 is 0. The van der Waals surface area contributed by atoms with Gasteiger partial charge in [-0.15, -0.1) is 0 Å². The fraction of sp³-hybridized carbons (Fsp3) is 0.625. The highest BCUT2D eigenvalue weighted by Gasteiger charge is 2.31. The Kier molecular flexibility index (Phi) is 5.75. The largest absolute Gasteiger partial charge is 0.380 e.